The first-order valence-corrected chi connectivity index (χ1v) is 13.5. The number of aliphatic carboxylic acids is 1. The second-order valence-electron chi connectivity index (χ2n) is 9.51. The summed E-state index contributed by atoms with van der Waals surface area (Å²) in [6.07, 6.45) is 2.59. The van der Waals surface area contributed by atoms with Gasteiger partial charge in [-0.2, -0.15) is 0 Å². The van der Waals surface area contributed by atoms with Crippen LogP contribution < -0.4 is 21.1 Å². The number of rotatable bonds is 16. The van der Waals surface area contributed by atoms with Gasteiger partial charge in [-0.25, -0.2) is 9.59 Å². The average Bonchev–Trinajstić information content (AvgIpc) is 3.29. The van der Waals surface area contributed by atoms with Gasteiger partial charge in [0.25, 0.3) is 17.7 Å². The molecule has 15 nitrogen and oxygen atoms in total. The number of allylic oxidation sites excluding steroid dienone is 1. The number of hydrogen-bond acceptors (Lipinski definition) is 11. The van der Waals surface area contributed by atoms with Crippen molar-refractivity contribution in [2.75, 3.05) is 39.5 Å². The molecule has 2 unspecified atom stereocenters. The van der Waals surface area contributed by atoms with Crippen LogP contribution in [0.4, 0.5) is 0 Å². The van der Waals surface area contributed by atoms with E-state index in [9.17, 15) is 28.8 Å². The zero-order valence-electron chi connectivity index (χ0n) is 23.5. The van der Waals surface area contributed by atoms with E-state index in [1.165, 1.54) is 12.1 Å². The third-order valence-electron chi connectivity index (χ3n) is 6.22. The molecule has 1 aromatic carbocycles. The largest absolute Gasteiger partial charge is 0.489 e. The van der Waals surface area contributed by atoms with Crippen molar-refractivity contribution in [2.24, 2.45) is 11.7 Å². The second kappa shape index (κ2) is 16.1. The first-order chi connectivity index (χ1) is 20.5. The number of imide groups is 1. The molecule has 4 amide bonds. The van der Waals surface area contributed by atoms with Crippen molar-refractivity contribution in [3.63, 3.8) is 0 Å². The van der Waals surface area contributed by atoms with Gasteiger partial charge in [-0.05, 0) is 37.1 Å². The van der Waals surface area contributed by atoms with Gasteiger partial charge in [-0.15, -0.1) is 5.06 Å². The summed E-state index contributed by atoms with van der Waals surface area (Å²) in [4.78, 5) is 75.3. The number of carboxylic acid groups (broad SMARTS) is 1. The molecular weight excluding hydrogens is 568 g/mol. The predicted octanol–water partition coefficient (Wildman–Crippen LogP) is -0.186. The van der Waals surface area contributed by atoms with Crippen LogP contribution >= 0.6 is 0 Å². The monoisotopic (exact) mass is 602 g/mol. The normalized spacial score (nSPS) is 17.1. The first kappa shape index (κ1) is 32.9. The third-order valence-corrected chi connectivity index (χ3v) is 6.22. The van der Waals surface area contributed by atoms with Crippen molar-refractivity contribution in [2.45, 2.75) is 32.4 Å². The molecule has 0 saturated carbocycles. The second-order valence-corrected chi connectivity index (χ2v) is 9.51. The van der Waals surface area contributed by atoms with Crippen molar-refractivity contribution < 1.29 is 52.9 Å². The Kier molecular flexibility index (Phi) is 12.4. The van der Waals surface area contributed by atoms with E-state index < -0.39 is 42.5 Å². The zero-order chi connectivity index (χ0) is 31.4. The molecule has 232 valence electrons. The lowest BCUT2D eigenvalue weighted by molar-refractivity contribution is -0.200. The van der Waals surface area contributed by atoms with Crippen molar-refractivity contribution in [1.82, 2.24) is 15.7 Å². The molecule has 15 heteroatoms. The van der Waals surface area contributed by atoms with E-state index in [0.29, 0.717) is 21.9 Å². The summed E-state index contributed by atoms with van der Waals surface area (Å²) in [7, 11) is 0. The van der Waals surface area contributed by atoms with Crippen molar-refractivity contribution in [3.8, 4) is 5.75 Å². The fourth-order valence-corrected chi connectivity index (χ4v) is 4.05. The number of ether oxygens (including phenoxy) is 3. The summed E-state index contributed by atoms with van der Waals surface area (Å²) >= 11 is 0. The molecule has 2 aliphatic rings. The van der Waals surface area contributed by atoms with Gasteiger partial charge < -0.3 is 40.5 Å². The Morgan fingerprint density at radius 3 is 2.51 bits per heavy atom. The summed E-state index contributed by atoms with van der Waals surface area (Å²) < 4.78 is 16.0. The van der Waals surface area contributed by atoms with Crippen molar-refractivity contribution in [1.29, 1.82) is 0 Å². The number of benzene rings is 1. The maximum absolute atomic E-state index is 12.5. The lowest BCUT2D eigenvalue weighted by atomic mass is 9.91. The van der Waals surface area contributed by atoms with Crippen LogP contribution in [0.25, 0.3) is 0 Å². The van der Waals surface area contributed by atoms with Crippen molar-refractivity contribution >= 4 is 35.6 Å². The molecule has 1 aliphatic heterocycles. The Balaban J connectivity index is 1.28. The number of carboxylic acids is 1. The average molecular weight is 603 g/mol. The Bertz CT molecular complexity index is 1280. The number of amides is 4. The minimum Gasteiger partial charge on any atom is -0.489 e. The lowest BCUT2D eigenvalue weighted by Gasteiger charge is -2.18. The van der Waals surface area contributed by atoms with Gasteiger partial charge in [0.2, 0.25) is 5.91 Å². The fraction of sp³-hybridized carbons (Fsp3) is 0.429. The van der Waals surface area contributed by atoms with E-state index in [4.69, 9.17) is 25.1 Å². The highest BCUT2D eigenvalue weighted by Crippen LogP contribution is 2.23. The van der Waals surface area contributed by atoms with Gasteiger partial charge in [0, 0.05) is 31.5 Å². The van der Waals surface area contributed by atoms with E-state index in [2.05, 4.69) is 15.5 Å². The van der Waals surface area contributed by atoms with E-state index in [1.54, 1.807) is 31.2 Å². The molecule has 1 saturated heterocycles. The summed E-state index contributed by atoms with van der Waals surface area (Å²) in [5.41, 5.74) is 6.92. The fourth-order valence-electron chi connectivity index (χ4n) is 4.05. The number of carbonyl (C=O) groups excluding carboxylic acids is 5. The maximum Gasteiger partial charge on any atom is 0.358 e. The topological polar surface area (TPSA) is 213 Å². The number of nitrogens with zero attached hydrogens (tertiary/aromatic N) is 1. The van der Waals surface area contributed by atoms with Gasteiger partial charge in [0.1, 0.15) is 25.2 Å². The Hall–Kier alpha value is -4.60. The van der Waals surface area contributed by atoms with Gasteiger partial charge >= 0.3 is 11.9 Å². The Morgan fingerprint density at radius 1 is 1.09 bits per heavy atom. The highest BCUT2D eigenvalue weighted by molar-refractivity contribution is 6.01. The number of nitrogens with two attached hydrogens (primary N) is 1. The molecule has 1 fully saturated rings. The molecule has 3 rings (SSSR count). The summed E-state index contributed by atoms with van der Waals surface area (Å²) in [6, 6.07) is 6.38. The van der Waals surface area contributed by atoms with Gasteiger partial charge in [0.05, 0.1) is 24.7 Å². The molecular formula is C28H34N4O11. The van der Waals surface area contributed by atoms with Gasteiger partial charge in [0.15, 0.2) is 0 Å². The van der Waals surface area contributed by atoms with E-state index in [1.807, 2.05) is 0 Å². The quantitative estimate of drug-likeness (QED) is 0.110. The maximum atomic E-state index is 12.5. The minimum atomic E-state index is -1.03. The number of nitrogens with one attached hydrogen (secondary N) is 2. The van der Waals surface area contributed by atoms with Crippen molar-refractivity contribution in [3.05, 3.63) is 53.1 Å². The number of hydrogen-bond donors (Lipinski definition) is 4. The van der Waals surface area contributed by atoms with Gasteiger partial charge in [-0.1, -0.05) is 18.2 Å². The van der Waals surface area contributed by atoms with Crippen LogP contribution in [0, 0.1) is 5.92 Å². The minimum absolute atomic E-state index is 0.00255. The summed E-state index contributed by atoms with van der Waals surface area (Å²) in [6.45, 7) is 1.48. The van der Waals surface area contributed by atoms with Crippen LogP contribution in [0.5, 0.6) is 5.75 Å². The highest BCUT2D eigenvalue weighted by Gasteiger charge is 2.32. The molecule has 0 bridgehead atoms. The molecule has 0 radical (unpaired) electrons. The van der Waals surface area contributed by atoms with E-state index in [0.717, 1.165) is 0 Å². The molecule has 0 spiro atoms. The summed E-state index contributed by atoms with van der Waals surface area (Å²) in [5, 5.41) is 15.0. The smallest absolute Gasteiger partial charge is 0.358 e. The number of carbonyl (C=O) groups is 6. The molecule has 1 aliphatic carbocycles. The molecule has 1 aromatic rings. The zero-order valence-corrected chi connectivity index (χ0v) is 23.5. The van der Waals surface area contributed by atoms with Crippen LogP contribution in [-0.4, -0.2) is 91.5 Å². The predicted molar refractivity (Wildman–Crippen MR) is 147 cm³/mol. The van der Waals surface area contributed by atoms with E-state index >= 15 is 0 Å². The van der Waals surface area contributed by atoms with Crippen LogP contribution in [0.1, 0.15) is 36.5 Å². The van der Waals surface area contributed by atoms with Crippen LogP contribution in [0.3, 0.4) is 0 Å². The molecule has 2 atom stereocenters. The summed E-state index contributed by atoms with van der Waals surface area (Å²) in [5.74, 6) is -3.82. The van der Waals surface area contributed by atoms with Gasteiger partial charge in [-0.3, -0.25) is 19.2 Å². The molecule has 0 aromatic heterocycles. The molecule has 5 N–H and O–H groups in total. The van der Waals surface area contributed by atoms with Crippen LogP contribution in [0.15, 0.2) is 47.6 Å². The van der Waals surface area contributed by atoms with Crippen LogP contribution in [-0.2, 0) is 38.3 Å². The molecule has 43 heavy (non-hydrogen) atoms. The standard InChI is InChI=1S/C28H34N4O11/c1-17-13-19(5-6-21(17)28(38)39)27(37)31-10-9-30-26(36)18-3-2-4-20(14-18)42-15-22(29)41-12-11-40-16-25(35)43-32-23(33)7-8-24(32)34/h2-4,6,13-14,19,22H,5,7-12,15-16,29H2,1H3,(H,30,36)(H,31,37)(H,38,39). The van der Waals surface area contributed by atoms with E-state index in [-0.39, 0.29) is 69.6 Å². The molecule has 1 heterocycles. The Labute approximate surface area is 246 Å². The SMILES string of the molecule is CC1=CC(C(=O)NCCNC(=O)c2cccc(OCC(N)OCCOCC(=O)ON3C(=O)CCC3=O)c2)CC=C1C(=O)O. The Morgan fingerprint density at radius 2 is 1.81 bits per heavy atom. The lowest BCUT2D eigenvalue weighted by Crippen LogP contribution is -2.37. The first-order valence-electron chi connectivity index (χ1n) is 13.5. The number of hydroxylamine groups is 2. The highest BCUT2D eigenvalue weighted by atomic mass is 16.7. The van der Waals surface area contributed by atoms with Crippen LogP contribution in [0.2, 0.25) is 0 Å². The third kappa shape index (κ3) is 10.3.